The third-order valence-corrected chi connectivity index (χ3v) is 7.52. The highest BCUT2D eigenvalue weighted by Crippen LogP contribution is 2.44. The van der Waals surface area contributed by atoms with Crippen LogP contribution in [0, 0.1) is 0 Å². The lowest BCUT2D eigenvalue weighted by Gasteiger charge is -2.26. The Morgan fingerprint density at radius 1 is 0.658 bits per heavy atom. The SMILES string of the molecule is COc1cccc(OC)c1P(NC(=O)c1cc(C(F)(F)F)cc(C(F)(F)F)c1)c1c(OC)cccc1OC. The molecule has 3 aromatic carbocycles. The second kappa shape index (κ2) is 11.4. The molecule has 6 nitrogen and oxygen atoms in total. The average molecular weight is 561 g/mol. The van der Waals surface area contributed by atoms with Crippen molar-refractivity contribution in [1.82, 2.24) is 5.09 Å². The summed E-state index contributed by atoms with van der Waals surface area (Å²) in [5.74, 6) is -0.242. The monoisotopic (exact) mass is 561 g/mol. The molecule has 13 heteroatoms. The largest absolute Gasteiger partial charge is 0.496 e. The van der Waals surface area contributed by atoms with E-state index in [1.54, 1.807) is 36.4 Å². The molecule has 0 heterocycles. The van der Waals surface area contributed by atoms with Gasteiger partial charge in [-0.25, -0.2) is 0 Å². The van der Waals surface area contributed by atoms with Crippen molar-refractivity contribution in [3.05, 3.63) is 71.3 Å². The minimum Gasteiger partial charge on any atom is -0.496 e. The van der Waals surface area contributed by atoms with Crippen LogP contribution in [0.15, 0.2) is 54.6 Å². The molecule has 0 saturated carbocycles. The molecule has 38 heavy (non-hydrogen) atoms. The average Bonchev–Trinajstić information content (AvgIpc) is 2.89. The minimum absolute atomic E-state index is 0.0495. The van der Waals surface area contributed by atoms with E-state index in [4.69, 9.17) is 18.9 Å². The number of carbonyl (C=O) groups excluding carboxylic acids is 1. The molecular weight excluding hydrogens is 539 g/mol. The van der Waals surface area contributed by atoms with E-state index in [1.807, 2.05) is 0 Å². The van der Waals surface area contributed by atoms with Crippen molar-refractivity contribution < 1.29 is 50.1 Å². The standard InChI is InChI=1S/C25H22F6NO5P/c1-34-17-7-5-8-18(35-2)21(17)38(22-19(36-3)9-6-10-20(22)37-4)32-23(33)14-11-15(24(26,27)28)13-16(12-14)25(29,30)31/h5-13H,1-4H3,(H,32,33). The van der Waals surface area contributed by atoms with Crippen LogP contribution < -0.4 is 34.6 Å². The number of nitrogens with one attached hydrogen (secondary N) is 1. The van der Waals surface area contributed by atoms with Crippen molar-refractivity contribution in [1.29, 1.82) is 0 Å². The molecule has 3 rings (SSSR count). The van der Waals surface area contributed by atoms with Gasteiger partial charge in [-0.2, -0.15) is 26.3 Å². The molecule has 0 aliphatic carbocycles. The van der Waals surface area contributed by atoms with Gasteiger partial charge in [-0.05, 0) is 42.5 Å². The third-order valence-electron chi connectivity index (χ3n) is 5.31. The van der Waals surface area contributed by atoms with Gasteiger partial charge in [-0.1, -0.05) is 12.1 Å². The Hall–Kier alpha value is -3.66. The normalized spacial score (nSPS) is 11.8. The summed E-state index contributed by atoms with van der Waals surface area (Å²) in [5, 5.41) is 3.16. The van der Waals surface area contributed by atoms with Crippen LogP contribution in [0.5, 0.6) is 23.0 Å². The molecule has 0 aromatic heterocycles. The Morgan fingerprint density at radius 3 is 1.29 bits per heavy atom. The number of alkyl halides is 6. The van der Waals surface area contributed by atoms with Crippen molar-refractivity contribution in [2.24, 2.45) is 0 Å². The number of carbonyl (C=O) groups is 1. The Bertz CT molecular complexity index is 1180. The Labute approximate surface area is 215 Å². The van der Waals surface area contributed by atoms with Crippen LogP contribution in [0.2, 0.25) is 0 Å². The lowest BCUT2D eigenvalue weighted by Crippen LogP contribution is -2.31. The first-order valence-corrected chi connectivity index (χ1v) is 12.0. The summed E-state index contributed by atoms with van der Waals surface area (Å²) in [6, 6.07) is 10.1. The zero-order chi connectivity index (χ0) is 28.3. The summed E-state index contributed by atoms with van der Waals surface area (Å²) < 4.78 is 102. The molecule has 0 fully saturated rings. The molecule has 0 radical (unpaired) electrons. The Kier molecular flexibility index (Phi) is 8.66. The van der Waals surface area contributed by atoms with Crippen LogP contribution in [0.3, 0.4) is 0 Å². The van der Waals surface area contributed by atoms with Gasteiger partial charge in [-0.15, -0.1) is 0 Å². The molecular formula is C25H22F6NO5P. The first-order chi connectivity index (χ1) is 17.8. The molecule has 1 amide bonds. The molecule has 0 bridgehead atoms. The maximum atomic E-state index is 13.4. The van der Waals surface area contributed by atoms with E-state index < -0.39 is 43.0 Å². The first kappa shape index (κ1) is 28.9. The van der Waals surface area contributed by atoms with Gasteiger partial charge in [0.1, 0.15) is 23.0 Å². The quantitative estimate of drug-likeness (QED) is 0.289. The van der Waals surface area contributed by atoms with Crippen LogP contribution in [0.25, 0.3) is 0 Å². The van der Waals surface area contributed by atoms with Crippen LogP contribution in [-0.2, 0) is 12.4 Å². The van der Waals surface area contributed by atoms with Crippen LogP contribution in [0.1, 0.15) is 21.5 Å². The summed E-state index contributed by atoms with van der Waals surface area (Å²) in [4.78, 5) is 13.4. The molecule has 0 spiro atoms. The Balaban J connectivity index is 2.27. The fourth-order valence-corrected chi connectivity index (χ4v) is 5.90. The highest BCUT2D eigenvalue weighted by Gasteiger charge is 2.38. The lowest BCUT2D eigenvalue weighted by molar-refractivity contribution is -0.143. The molecule has 3 aromatic rings. The van der Waals surface area contributed by atoms with E-state index in [9.17, 15) is 31.1 Å². The van der Waals surface area contributed by atoms with Crippen molar-refractivity contribution in [3.63, 3.8) is 0 Å². The number of hydrogen-bond acceptors (Lipinski definition) is 5. The third kappa shape index (κ3) is 6.07. The second-order valence-corrected chi connectivity index (χ2v) is 9.38. The molecule has 0 unspecified atom stereocenters. The predicted octanol–water partition coefficient (Wildman–Crippen LogP) is 5.54. The summed E-state index contributed by atoms with van der Waals surface area (Å²) >= 11 is 0. The molecule has 0 aliphatic rings. The molecule has 0 saturated heterocycles. The minimum atomic E-state index is -5.13. The van der Waals surface area contributed by atoms with E-state index in [2.05, 4.69) is 5.09 Å². The van der Waals surface area contributed by atoms with E-state index in [1.165, 1.54) is 28.4 Å². The van der Waals surface area contributed by atoms with Crippen LogP contribution in [-0.4, -0.2) is 34.3 Å². The predicted molar refractivity (Wildman–Crippen MR) is 129 cm³/mol. The number of ether oxygens (including phenoxy) is 4. The van der Waals surface area contributed by atoms with E-state index >= 15 is 0 Å². The number of amides is 1. The molecule has 0 atom stereocenters. The summed E-state index contributed by atoms with van der Waals surface area (Å²) in [6.07, 6.45) is -10.3. The fourth-order valence-electron chi connectivity index (χ4n) is 3.58. The number of rotatable bonds is 8. The van der Waals surface area contributed by atoms with Crippen LogP contribution in [0.4, 0.5) is 26.3 Å². The van der Waals surface area contributed by atoms with Crippen LogP contribution >= 0.6 is 8.07 Å². The van der Waals surface area contributed by atoms with Crippen molar-refractivity contribution in [2.75, 3.05) is 28.4 Å². The van der Waals surface area contributed by atoms with Gasteiger partial charge in [0.15, 0.2) is 0 Å². The molecule has 0 aliphatic heterocycles. The van der Waals surface area contributed by atoms with Gasteiger partial charge < -0.3 is 24.0 Å². The maximum absolute atomic E-state index is 13.4. The van der Waals surface area contributed by atoms with E-state index in [0.717, 1.165) is 0 Å². The van der Waals surface area contributed by atoms with Gasteiger partial charge in [0.05, 0.1) is 58.2 Å². The van der Waals surface area contributed by atoms with E-state index in [0.29, 0.717) is 12.1 Å². The van der Waals surface area contributed by atoms with Gasteiger partial charge >= 0.3 is 12.4 Å². The highest BCUT2D eigenvalue weighted by molar-refractivity contribution is 7.72. The highest BCUT2D eigenvalue weighted by atomic mass is 31.1. The van der Waals surface area contributed by atoms with Gasteiger partial charge in [0.2, 0.25) is 0 Å². The lowest BCUT2D eigenvalue weighted by atomic mass is 10.0. The van der Waals surface area contributed by atoms with Gasteiger partial charge in [0.25, 0.3) is 5.91 Å². The van der Waals surface area contributed by atoms with E-state index in [-0.39, 0.29) is 39.7 Å². The number of benzene rings is 3. The number of hydrogen-bond donors (Lipinski definition) is 1. The van der Waals surface area contributed by atoms with Gasteiger partial charge in [-0.3, -0.25) is 4.79 Å². The van der Waals surface area contributed by atoms with Gasteiger partial charge in [0, 0.05) is 5.56 Å². The summed E-state index contributed by atoms with van der Waals surface area (Å²) in [5.41, 5.74) is -4.08. The first-order valence-electron chi connectivity index (χ1n) is 10.7. The van der Waals surface area contributed by atoms with Crippen molar-refractivity contribution >= 4 is 24.6 Å². The van der Waals surface area contributed by atoms with Crippen molar-refractivity contribution in [3.8, 4) is 23.0 Å². The van der Waals surface area contributed by atoms with Crippen molar-refractivity contribution in [2.45, 2.75) is 12.4 Å². The molecule has 204 valence electrons. The second-order valence-electron chi connectivity index (χ2n) is 7.59. The number of halogens is 6. The zero-order valence-electron chi connectivity index (χ0n) is 20.5. The zero-order valence-corrected chi connectivity index (χ0v) is 21.3. The summed E-state index contributed by atoms with van der Waals surface area (Å²) in [7, 11) is 3.27. The number of methoxy groups -OCH3 is 4. The molecule has 1 N–H and O–H groups in total. The fraction of sp³-hybridized carbons (Fsp3) is 0.240. The summed E-state index contributed by atoms with van der Waals surface area (Å²) in [6.45, 7) is 0. The Morgan fingerprint density at radius 2 is 1.00 bits per heavy atom. The smallest absolute Gasteiger partial charge is 0.416 e. The maximum Gasteiger partial charge on any atom is 0.416 e. The topological polar surface area (TPSA) is 66.0 Å².